The molecule has 0 aliphatic heterocycles. The first-order valence-electron chi connectivity index (χ1n) is 3.84. The van der Waals surface area contributed by atoms with Gasteiger partial charge >= 0.3 is 12.1 Å². The number of hydrogen-bond donors (Lipinski definition) is 4. The van der Waals surface area contributed by atoms with Crippen LogP contribution >= 0.6 is 0 Å². The first-order chi connectivity index (χ1) is 6.59. The van der Waals surface area contributed by atoms with E-state index in [9.17, 15) is 9.59 Å². The molecule has 0 saturated heterocycles. The van der Waals surface area contributed by atoms with Gasteiger partial charge in [-0.1, -0.05) is 0 Å². The monoisotopic (exact) mass is 198 g/mol. The summed E-state index contributed by atoms with van der Waals surface area (Å²) in [4.78, 5) is 20.6. The van der Waals surface area contributed by atoms with Gasteiger partial charge in [0.05, 0.1) is 11.4 Å². The van der Waals surface area contributed by atoms with Crippen LogP contribution in [0.1, 0.15) is 12.8 Å². The first kappa shape index (κ1) is 9.96. The van der Waals surface area contributed by atoms with E-state index in [-0.39, 0.29) is 0 Å². The third-order valence-electron chi connectivity index (χ3n) is 1.53. The summed E-state index contributed by atoms with van der Waals surface area (Å²) in [6.45, 7) is 0. The summed E-state index contributed by atoms with van der Waals surface area (Å²) in [7, 11) is 0. The van der Waals surface area contributed by atoms with Gasteiger partial charge in [0.25, 0.3) is 0 Å². The second kappa shape index (κ2) is 4.21. The van der Waals surface area contributed by atoms with Crippen LogP contribution in [0.4, 0.5) is 9.59 Å². The molecule has 0 atom stereocenters. The van der Waals surface area contributed by atoms with E-state index in [2.05, 4.69) is 21.1 Å². The largest absolute Gasteiger partial charge is 0.350 e. The molecule has 0 unspecified atom stereocenters. The zero-order valence-corrected chi connectivity index (χ0v) is 7.28. The Labute approximate surface area is 79.4 Å². The number of nitrogens with one attached hydrogen (secondary N) is 2. The fraction of sp³-hybridized carbons (Fsp3) is 0.333. The Kier molecular flexibility index (Phi) is 3.00. The molecular formula is C6H10N6O2. The third kappa shape index (κ3) is 2.73. The summed E-state index contributed by atoms with van der Waals surface area (Å²) in [5.41, 5.74) is 14.9. The number of rotatable bonds is 2. The van der Waals surface area contributed by atoms with E-state index in [1.165, 1.54) is 0 Å². The quantitative estimate of drug-likeness (QED) is 0.416. The second-order valence-corrected chi connectivity index (χ2v) is 2.57. The molecule has 0 heterocycles. The number of hydrogen-bond acceptors (Lipinski definition) is 4. The fourth-order valence-electron chi connectivity index (χ4n) is 0.835. The Morgan fingerprint density at radius 2 is 1.36 bits per heavy atom. The van der Waals surface area contributed by atoms with Crippen LogP contribution in [0.5, 0.6) is 0 Å². The van der Waals surface area contributed by atoms with Gasteiger partial charge < -0.3 is 11.5 Å². The number of urea groups is 2. The van der Waals surface area contributed by atoms with Crippen molar-refractivity contribution in [1.82, 2.24) is 10.9 Å². The van der Waals surface area contributed by atoms with E-state index < -0.39 is 12.1 Å². The molecule has 8 heteroatoms. The molecular weight excluding hydrogens is 188 g/mol. The zero-order chi connectivity index (χ0) is 10.6. The molecule has 1 saturated carbocycles. The minimum absolute atomic E-state index is 0.581. The molecule has 1 aliphatic carbocycles. The highest BCUT2D eigenvalue weighted by atomic mass is 16.2. The molecule has 1 fully saturated rings. The van der Waals surface area contributed by atoms with Crippen LogP contribution in [0.2, 0.25) is 0 Å². The van der Waals surface area contributed by atoms with E-state index >= 15 is 0 Å². The molecule has 6 N–H and O–H groups in total. The van der Waals surface area contributed by atoms with Crippen molar-refractivity contribution >= 4 is 23.5 Å². The maximum Gasteiger partial charge on any atom is 0.332 e. The highest BCUT2D eigenvalue weighted by molar-refractivity contribution is 6.48. The highest BCUT2D eigenvalue weighted by Crippen LogP contribution is 2.11. The van der Waals surface area contributed by atoms with Crippen LogP contribution in [-0.4, -0.2) is 23.5 Å². The van der Waals surface area contributed by atoms with E-state index in [4.69, 9.17) is 11.5 Å². The molecule has 0 radical (unpaired) electrons. The molecule has 14 heavy (non-hydrogen) atoms. The van der Waals surface area contributed by atoms with Gasteiger partial charge in [0.2, 0.25) is 0 Å². The third-order valence-corrected chi connectivity index (χ3v) is 1.53. The normalized spacial score (nSPS) is 20.3. The van der Waals surface area contributed by atoms with Gasteiger partial charge in [-0.15, -0.1) is 0 Å². The van der Waals surface area contributed by atoms with Gasteiger partial charge in [0, 0.05) is 0 Å². The lowest BCUT2D eigenvalue weighted by molar-refractivity contribution is 0.248. The molecule has 0 aromatic carbocycles. The summed E-state index contributed by atoms with van der Waals surface area (Å²) >= 11 is 0. The van der Waals surface area contributed by atoms with Gasteiger partial charge in [-0.25, -0.2) is 20.4 Å². The minimum atomic E-state index is -0.744. The number of primary amides is 2. The molecule has 1 aliphatic rings. The average Bonchev–Trinajstić information content (AvgIpc) is 2.01. The van der Waals surface area contributed by atoms with Crippen molar-refractivity contribution in [3.8, 4) is 0 Å². The van der Waals surface area contributed by atoms with Crippen LogP contribution in [0.25, 0.3) is 0 Å². The lowest BCUT2D eigenvalue weighted by Gasteiger charge is -2.17. The molecule has 0 aromatic rings. The van der Waals surface area contributed by atoms with Gasteiger partial charge in [0.1, 0.15) is 0 Å². The number of hydrazone groups is 2. The minimum Gasteiger partial charge on any atom is -0.350 e. The number of carbonyl (C=O) groups excluding carboxylic acids is 2. The van der Waals surface area contributed by atoms with Crippen molar-refractivity contribution in [1.29, 1.82) is 0 Å². The van der Waals surface area contributed by atoms with Crippen LogP contribution in [0, 0.1) is 0 Å². The topological polar surface area (TPSA) is 135 Å². The average molecular weight is 198 g/mol. The predicted molar refractivity (Wildman–Crippen MR) is 49.5 cm³/mol. The van der Waals surface area contributed by atoms with Gasteiger partial charge in [-0.05, 0) is 12.8 Å². The van der Waals surface area contributed by atoms with Gasteiger partial charge in [-0.2, -0.15) is 10.2 Å². The predicted octanol–water partition coefficient (Wildman–Crippen LogP) is -1.17. The standard InChI is InChI=1S/C6H10N6O2/c7-5(13)11-9-3-1-2-4(3)10-12-6(8)14/h1-2H2,(H3,7,11,13)(H3,8,12,14). The summed E-state index contributed by atoms with van der Waals surface area (Å²) in [5.74, 6) is 0. The summed E-state index contributed by atoms with van der Waals surface area (Å²) < 4.78 is 0. The summed E-state index contributed by atoms with van der Waals surface area (Å²) in [6, 6.07) is -1.49. The lowest BCUT2D eigenvalue weighted by atomic mass is 9.94. The second-order valence-electron chi connectivity index (χ2n) is 2.57. The number of carbonyl (C=O) groups is 2. The van der Waals surface area contributed by atoms with Gasteiger partial charge in [0.15, 0.2) is 0 Å². The van der Waals surface area contributed by atoms with Crippen LogP contribution in [0.3, 0.4) is 0 Å². The molecule has 8 nitrogen and oxygen atoms in total. The summed E-state index contributed by atoms with van der Waals surface area (Å²) in [5, 5.41) is 7.32. The summed E-state index contributed by atoms with van der Waals surface area (Å²) in [6.07, 6.45) is 1.36. The van der Waals surface area contributed by atoms with Crippen molar-refractivity contribution in [2.45, 2.75) is 12.8 Å². The Morgan fingerprint density at radius 1 is 1.00 bits per heavy atom. The van der Waals surface area contributed by atoms with Crippen molar-refractivity contribution < 1.29 is 9.59 Å². The Bertz CT molecular complexity index is 288. The Hall–Kier alpha value is -2.12. The molecule has 1 rings (SSSR count). The van der Waals surface area contributed by atoms with Crippen LogP contribution in [0.15, 0.2) is 10.2 Å². The molecule has 4 amide bonds. The fourth-order valence-corrected chi connectivity index (χ4v) is 0.835. The van der Waals surface area contributed by atoms with E-state index in [1.54, 1.807) is 0 Å². The SMILES string of the molecule is NC(=O)NN=C1CCC1=NNC(N)=O. The number of amides is 4. The molecule has 0 bridgehead atoms. The number of nitrogens with two attached hydrogens (primary N) is 2. The maximum atomic E-state index is 10.3. The van der Waals surface area contributed by atoms with Crippen LogP contribution in [-0.2, 0) is 0 Å². The Balaban J connectivity index is 2.49. The zero-order valence-electron chi connectivity index (χ0n) is 7.28. The Morgan fingerprint density at radius 3 is 1.57 bits per heavy atom. The van der Waals surface area contributed by atoms with E-state index in [0.29, 0.717) is 24.3 Å². The van der Waals surface area contributed by atoms with Crippen molar-refractivity contribution in [3.05, 3.63) is 0 Å². The highest BCUT2D eigenvalue weighted by Gasteiger charge is 2.20. The van der Waals surface area contributed by atoms with Gasteiger partial charge in [-0.3, -0.25) is 0 Å². The molecule has 0 spiro atoms. The van der Waals surface area contributed by atoms with E-state index in [0.717, 1.165) is 0 Å². The van der Waals surface area contributed by atoms with Crippen LogP contribution < -0.4 is 22.3 Å². The number of nitrogens with zero attached hydrogens (tertiary/aromatic N) is 2. The lowest BCUT2D eigenvalue weighted by Crippen LogP contribution is -2.35. The van der Waals surface area contributed by atoms with Crippen molar-refractivity contribution in [3.63, 3.8) is 0 Å². The van der Waals surface area contributed by atoms with Crippen molar-refractivity contribution in [2.24, 2.45) is 21.7 Å². The first-order valence-corrected chi connectivity index (χ1v) is 3.84. The van der Waals surface area contributed by atoms with Crippen molar-refractivity contribution in [2.75, 3.05) is 0 Å². The molecule has 0 aromatic heterocycles. The van der Waals surface area contributed by atoms with E-state index in [1.807, 2.05) is 0 Å². The maximum absolute atomic E-state index is 10.3. The molecule has 76 valence electrons. The smallest absolute Gasteiger partial charge is 0.332 e.